The highest BCUT2D eigenvalue weighted by molar-refractivity contribution is 7.97. The molecule has 0 amide bonds. The van der Waals surface area contributed by atoms with E-state index in [4.69, 9.17) is 0 Å². The van der Waals surface area contributed by atoms with Crippen molar-refractivity contribution in [3.05, 3.63) is 176 Å². The summed E-state index contributed by atoms with van der Waals surface area (Å²) in [6, 6.07) is 30.8. The van der Waals surface area contributed by atoms with Gasteiger partial charge in [-0.3, -0.25) is 0 Å². The summed E-state index contributed by atoms with van der Waals surface area (Å²) in [6.45, 7) is 34.0. The van der Waals surface area contributed by atoms with Crippen LogP contribution in [-0.4, -0.2) is 12.5 Å². The fraction of sp³-hybridized carbons (Fsp3) is 0.347. The minimum absolute atomic E-state index is 0.273. The molecule has 0 bridgehead atoms. The van der Waals surface area contributed by atoms with Crippen molar-refractivity contribution >= 4 is 24.0 Å². The molecule has 274 valence electrons. The second-order valence-electron chi connectivity index (χ2n) is 15.0. The maximum Gasteiger partial charge on any atom is 0.0457 e. The molecule has 0 aliphatic carbocycles. The summed E-state index contributed by atoms with van der Waals surface area (Å²) in [5.74, 6) is 0.833. The van der Waals surface area contributed by atoms with Gasteiger partial charge in [0.15, 0.2) is 0 Å². The van der Waals surface area contributed by atoms with Crippen molar-refractivity contribution in [2.24, 2.45) is 5.41 Å². The summed E-state index contributed by atoms with van der Waals surface area (Å²) in [4.78, 5) is 0. The van der Waals surface area contributed by atoms with Crippen LogP contribution in [0.3, 0.4) is 0 Å². The molecule has 0 fully saturated rings. The Morgan fingerprint density at radius 2 is 1.31 bits per heavy atom. The standard InChI is InChI=1S/C26H30.C16H19N.C5H12.C2H6S/c1-17(2)22-10-12-23(13-11-22)26(24-9-7-8-18(3)15-24)25-16-19(4)14-20(5)21(25)6;1-5-10-14(6-2)17-16(7-3)15-12-9-8-11-13(15)4;1-5(2,3)4;1-3-2/h7-17,26H,1-6H3;5-12,17H,3-4H2,1-2H3;1-4H3;1-2H3/b;10-5-,14-6+,16-15+;;. The number of allylic oxidation sites excluding steroid dienone is 3. The quantitative estimate of drug-likeness (QED) is 0.145. The van der Waals surface area contributed by atoms with E-state index in [1.807, 2.05) is 74.9 Å². The maximum absolute atomic E-state index is 4.02. The Morgan fingerprint density at radius 1 is 0.745 bits per heavy atom. The van der Waals surface area contributed by atoms with Crippen molar-refractivity contribution in [3.63, 3.8) is 0 Å². The SMILES string of the molecule is C=C/C(NC(/C=C\C)=C/C)=c1/ccccc1=C.CC(C)(C)C.CSC.Cc1cccc(C(c2ccc(C(C)C)cc2)c2cc(C)cc(C)c2C)c1. The lowest BCUT2D eigenvalue weighted by Gasteiger charge is -2.23. The molecule has 0 aliphatic heterocycles. The highest BCUT2D eigenvalue weighted by Gasteiger charge is 2.20. The first kappa shape index (κ1) is 45.0. The number of rotatable bonds is 8. The molecular formula is C49H67NS. The van der Waals surface area contributed by atoms with Gasteiger partial charge in [-0.05, 0) is 116 Å². The van der Waals surface area contributed by atoms with Gasteiger partial charge in [0.2, 0.25) is 0 Å². The Labute approximate surface area is 317 Å². The molecule has 0 aliphatic rings. The summed E-state index contributed by atoms with van der Waals surface area (Å²) in [6.07, 6.45) is 11.9. The van der Waals surface area contributed by atoms with E-state index in [2.05, 4.69) is 148 Å². The van der Waals surface area contributed by atoms with Gasteiger partial charge in [0.05, 0.1) is 0 Å². The van der Waals surface area contributed by atoms with E-state index in [0.29, 0.717) is 11.3 Å². The first-order valence-corrected chi connectivity index (χ1v) is 19.7. The van der Waals surface area contributed by atoms with Gasteiger partial charge < -0.3 is 5.32 Å². The van der Waals surface area contributed by atoms with Gasteiger partial charge in [-0.1, -0.05) is 163 Å². The van der Waals surface area contributed by atoms with Crippen LogP contribution in [0.1, 0.15) is 112 Å². The third-order valence-electron chi connectivity index (χ3n) is 7.92. The summed E-state index contributed by atoms with van der Waals surface area (Å²) in [5, 5.41) is 5.41. The number of nitrogens with one attached hydrogen (secondary N) is 1. The smallest absolute Gasteiger partial charge is 0.0457 e. The lowest BCUT2D eigenvalue weighted by Crippen LogP contribution is -2.29. The predicted octanol–water partition coefficient (Wildman–Crippen LogP) is 12.7. The van der Waals surface area contributed by atoms with Crippen LogP contribution in [0.15, 0.2) is 122 Å². The molecule has 0 heterocycles. The predicted molar refractivity (Wildman–Crippen MR) is 234 cm³/mol. The van der Waals surface area contributed by atoms with Crippen molar-refractivity contribution < 1.29 is 0 Å². The Balaban J connectivity index is 0.000000446. The molecule has 2 heteroatoms. The number of hydrogen-bond acceptors (Lipinski definition) is 2. The highest BCUT2D eigenvalue weighted by atomic mass is 32.2. The minimum atomic E-state index is 0.273. The molecule has 51 heavy (non-hydrogen) atoms. The largest absolute Gasteiger partial charge is 0.355 e. The van der Waals surface area contributed by atoms with Crippen molar-refractivity contribution in [1.82, 2.24) is 5.32 Å². The van der Waals surface area contributed by atoms with E-state index in [-0.39, 0.29) is 5.92 Å². The summed E-state index contributed by atoms with van der Waals surface area (Å²) in [7, 11) is 0. The number of benzene rings is 4. The number of thioether (sulfide) groups is 1. The van der Waals surface area contributed by atoms with Crippen molar-refractivity contribution in [3.8, 4) is 0 Å². The molecule has 0 radical (unpaired) electrons. The molecule has 1 nitrogen and oxygen atoms in total. The van der Waals surface area contributed by atoms with Crippen LogP contribution in [0.5, 0.6) is 0 Å². The van der Waals surface area contributed by atoms with Crippen LogP contribution in [0.2, 0.25) is 0 Å². The molecule has 0 aromatic heterocycles. The molecule has 0 saturated carbocycles. The lowest BCUT2D eigenvalue weighted by molar-refractivity contribution is 0.469. The molecule has 0 saturated heterocycles. The molecule has 1 N–H and O–H groups in total. The summed E-state index contributed by atoms with van der Waals surface area (Å²) in [5.41, 5.74) is 13.5. The summed E-state index contributed by atoms with van der Waals surface area (Å²) < 4.78 is 0. The van der Waals surface area contributed by atoms with Gasteiger partial charge in [-0.15, -0.1) is 0 Å². The second kappa shape index (κ2) is 22.7. The zero-order valence-corrected chi connectivity index (χ0v) is 35.2. The molecule has 0 spiro atoms. The number of aryl methyl sites for hydroxylation is 3. The van der Waals surface area contributed by atoms with E-state index in [1.165, 1.54) is 44.5 Å². The van der Waals surface area contributed by atoms with Crippen LogP contribution in [0.25, 0.3) is 12.3 Å². The van der Waals surface area contributed by atoms with Crippen LogP contribution >= 0.6 is 11.8 Å². The van der Waals surface area contributed by atoms with E-state index < -0.39 is 0 Å². The average molecular weight is 702 g/mol. The van der Waals surface area contributed by atoms with E-state index in [0.717, 1.165) is 21.8 Å². The molecule has 4 aromatic rings. The van der Waals surface area contributed by atoms with Crippen LogP contribution < -0.4 is 15.8 Å². The average Bonchev–Trinajstić information content (AvgIpc) is 3.06. The molecule has 1 unspecified atom stereocenters. The van der Waals surface area contributed by atoms with E-state index in [9.17, 15) is 0 Å². The Hall–Kier alpha value is -4.01. The van der Waals surface area contributed by atoms with Gasteiger partial charge in [-0.2, -0.15) is 11.8 Å². The van der Waals surface area contributed by atoms with Gasteiger partial charge >= 0.3 is 0 Å². The van der Waals surface area contributed by atoms with E-state index in [1.54, 1.807) is 11.8 Å². The van der Waals surface area contributed by atoms with Crippen molar-refractivity contribution in [2.45, 2.75) is 94.9 Å². The fourth-order valence-electron chi connectivity index (χ4n) is 5.40. The van der Waals surface area contributed by atoms with Gasteiger partial charge in [0.25, 0.3) is 0 Å². The number of hydrogen-bond donors (Lipinski definition) is 1. The van der Waals surface area contributed by atoms with Gasteiger partial charge in [0, 0.05) is 22.5 Å². The van der Waals surface area contributed by atoms with Crippen LogP contribution in [0.4, 0.5) is 0 Å². The third-order valence-corrected chi connectivity index (χ3v) is 7.92. The molecule has 4 rings (SSSR count). The minimum Gasteiger partial charge on any atom is -0.355 e. The lowest BCUT2D eigenvalue weighted by atomic mass is 9.80. The zero-order chi connectivity index (χ0) is 38.7. The molecule has 1 atom stereocenters. The van der Waals surface area contributed by atoms with Crippen molar-refractivity contribution in [1.29, 1.82) is 0 Å². The zero-order valence-electron chi connectivity index (χ0n) is 34.4. The molecule has 4 aromatic carbocycles. The molecular weight excluding hydrogens is 635 g/mol. The second-order valence-corrected chi connectivity index (χ2v) is 15.8. The fourth-order valence-corrected chi connectivity index (χ4v) is 5.40. The maximum atomic E-state index is 4.02. The van der Waals surface area contributed by atoms with Gasteiger partial charge in [-0.25, -0.2) is 0 Å². The topological polar surface area (TPSA) is 12.0 Å². The Morgan fingerprint density at radius 3 is 1.80 bits per heavy atom. The van der Waals surface area contributed by atoms with E-state index >= 15 is 0 Å². The highest BCUT2D eigenvalue weighted by Crippen LogP contribution is 2.36. The Bertz CT molecular complexity index is 1810. The van der Waals surface area contributed by atoms with Gasteiger partial charge in [0.1, 0.15) is 0 Å². The van der Waals surface area contributed by atoms with Crippen LogP contribution in [0, 0.1) is 33.1 Å². The Kier molecular flexibility index (Phi) is 20.1. The summed E-state index contributed by atoms with van der Waals surface area (Å²) >= 11 is 1.75. The third kappa shape index (κ3) is 16.3. The van der Waals surface area contributed by atoms with Crippen molar-refractivity contribution in [2.75, 3.05) is 12.5 Å². The monoisotopic (exact) mass is 701 g/mol. The first-order valence-electron chi connectivity index (χ1n) is 18.1. The first-order chi connectivity index (χ1) is 24.0. The van der Waals surface area contributed by atoms with Crippen LogP contribution in [-0.2, 0) is 0 Å². The normalized spacial score (nSPS) is 12.4.